The zero-order chi connectivity index (χ0) is 11.5. The molecule has 86 valence electrons. The molecule has 1 aliphatic rings. The molecular weight excluding hydrogens is 200 g/mol. The summed E-state index contributed by atoms with van der Waals surface area (Å²) < 4.78 is 5.35. The second-order valence-corrected chi connectivity index (χ2v) is 4.53. The topological polar surface area (TPSA) is 26.3 Å². The van der Waals surface area contributed by atoms with Gasteiger partial charge in [-0.15, -0.1) is 0 Å². The van der Waals surface area contributed by atoms with Gasteiger partial charge in [0.15, 0.2) is 5.78 Å². The van der Waals surface area contributed by atoms with Gasteiger partial charge in [0.2, 0.25) is 0 Å². The molecule has 0 spiro atoms. The number of rotatable bonds is 4. The van der Waals surface area contributed by atoms with E-state index in [0.717, 1.165) is 18.4 Å². The summed E-state index contributed by atoms with van der Waals surface area (Å²) in [6.07, 6.45) is 2.02. The molecule has 0 aliphatic carbocycles. The van der Waals surface area contributed by atoms with Crippen LogP contribution in [0.1, 0.15) is 48.2 Å². The van der Waals surface area contributed by atoms with Gasteiger partial charge in [0.25, 0.3) is 0 Å². The lowest BCUT2D eigenvalue weighted by molar-refractivity contribution is 0.0923. The second kappa shape index (κ2) is 4.79. The number of ether oxygens (including phenoxy) is 1. The first-order chi connectivity index (χ1) is 7.72. The minimum atomic E-state index is 0.130. The van der Waals surface area contributed by atoms with Gasteiger partial charge in [-0.05, 0) is 23.6 Å². The van der Waals surface area contributed by atoms with Crippen LogP contribution in [0.25, 0.3) is 0 Å². The molecule has 1 aliphatic heterocycles. The fraction of sp³-hybridized carbons (Fsp3) is 0.500. The van der Waals surface area contributed by atoms with Crippen molar-refractivity contribution in [1.82, 2.24) is 0 Å². The molecule has 0 saturated heterocycles. The summed E-state index contributed by atoms with van der Waals surface area (Å²) in [6, 6.07) is 5.95. The van der Waals surface area contributed by atoms with E-state index in [0.29, 0.717) is 13.2 Å². The second-order valence-electron chi connectivity index (χ2n) is 4.53. The van der Waals surface area contributed by atoms with E-state index >= 15 is 0 Å². The number of benzene rings is 1. The van der Waals surface area contributed by atoms with Crippen molar-refractivity contribution in [3.05, 3.63) is 34.9 Å². The lowest BCUT2D eigenvalue weighted by atomic mass is 9.93. The van der Waals surface area contributed by atoms with E-state index in [9.17, 15) is 4.79 Å². The maximum atomic E-state index is 12.1. The van der Waals surface area contributed by atoms with Crippen LogP contribution < -0.4 is 0 Å². The zero-order valence-electron chi connectivity index (χ0n) is 9.95. The van der Waals surface area contributed by atoms with Gasteiger partial charge >= 0.3 is 0 Å². The van der Waals surface area contributed by atoms with E-state index < -0.39 is 0 Å². The maximum absolute atomic E-state index is 12.1. The third kappa shape index (κ3) is 2.17. The highest BCUT2D eigenvalue weighted by atomic mass is 16.5. The Morgan fingerprint density at radius 3 is 2.88 bits per heavy atom. The minimum absolute atomic E-state index is 0.130. The Morgan fingerprint density at radius 2 is 2.12 bits per heavy atom. The summed E-state index contributed by atoms with van der Waals surface area (Å²) in [7, 11) is 0. The first-order valence-corrected chi connectivity index (χ1v) is 5.96. The monoisotopic (exact) mass is 218 g/mol. The summed E-state index contributed by atoms with van der Waals surface area (Å²) in [4.78, 5) is 12.1. The predicted molar refractivity (Wildman–Crippen MR) is 63.3 cm³/mol. The number of fused-ring (bicyclic) bond motifs is 1. The summed E-state index contributed by atoms with van der Waals surface area (Å²) in [5.74, 6) is 0.391. The summed E-state index contributed by atoms with van der Waals surface area (Å²) in [5, 5.41) is 0. The van der Waals surface area contributed by atoms with Crippen LogP contribution in [0.3, 0.4) is 0 Å². The normalized spacial score (nSPS) is 15.9. The predicted octanol–water partition coefficient (Wildman–Crippen LogP) is 3.34. The minimum Gasteiger partial charge on any atom is -0.372 e. The molecular formula is C14H18O2. The molecule has 1 heterocycles. The van der Waals surface area contributed by atoms with E-state index in [1.54, 1.807) is 0 Å². The van der Waals surface area contributed by atoms with Gasteiger partial charge in [-0.1, -0.05) is 32.4 Å². The Kier molecular flexibility index (Phi) is 3.39. The average Bonchev–Trinajstić information content (AvgIpc) is 2.75. The molecule has 0 N–H and O–H groups in total. The van der Waals surface area contributed by atoms with E-state index in [1.165, 1.54) is 11.1 Å². The van der Waals surface area contributed by atoms with Crippen LogP contribution >= 0.6 is 0 Å². The van der Waals surface area contributed by atoms with Crippen molar-refractivity contribution in [2.24, 2.45) is 5.92 Å². The lowest BCUT2D eigenvalue weighted by Crippen LogP contribution is -2.11. The van der Waals surface area contributed by atoms with Crippen molar-refractivity contribution in [2.45, 2.75) is 39.9 Å². The van der Waals surface area contributed by atoms with Crippen LogP contribution in [0.5, 0.6) is 0 Å². The molecule has 1 unspecified atom stereocenters. The van der Waals surface area contributed by atoms with Crippen molar-refractivity contribution >= 4 is 5.78 Å². The third-order valence-corrected chi connectivity index (χ3v) is 3.18. The van der Waals surface area contributed by atoms with Crippen LogP contribution in [0, 0.1) is 5.92 Å². The van der Waals surface area contributed by atoms with Crippen molar-refractivity contribution in [3.8, 4) is 0 Å². The molecule has 0 radical (unpaired) electrons. The van der Waals surface area contributed by atoms with Crippen molar-refractivity contribution < 1.29 is 9.53 Å². The number of hydrogen-bond acceptors (Lipinski definition) is 2. The molecule has 16 heavy (non-hydrogen) atoms. The molecule has 1 aromatic carbocycles. The molecule has 0 bridgehead atoms. The van der Waals surface area contributed by atoms with Crippen molar-refractivity contribution in [1.29, 1.82) is 0 Å². The van der Waals surface area contributed by atoms with Crippen molar-refractivity contribution in [3.63, 3.8) is 0 Å². The van der Waals surface area contributed by atoms with Gasteiger partial charge in [0.1, 0.15) is 0 Å². The quantitative estimate of drug-likeness (QED) is 0.724. The summed E-state index contributed by atoms with van der Waals surface area (Å²) >= 11 is 0. The van der Waals surface area contributed by atoms with E-state index in [4.69, 9.17) is 4.74 Å². The molecule has 2 nitrogen and oxygen atoms in total. The highest BCUT2D eigenvalue weighted by Crippen LogP contribution is 2.23. The summed E-state index contributed by atoms with van der Waals surface area (Å²) in [5.41, 5.74) is 3.24. The molecule has 1 aromatic rings. The summed E-state index contributed by atoms with van der Waals surface area (Å²) in [6.45, 7) is 5.46. The van der Waals surface area contributed by atoms with Crippen LogP contribution in [-0.4, -0.2) is 5.78 Å². The van der Waals surface area contributed by atoms with Crippen LogP contribution in [0.2, 0.25) is 0 Å². The number of hydrogen-bond donors (Lipinski definition) is 0. The standard InChI is InChI=1S/C14H18O2/c1-3-4-10(2)14(15)11-5-6-12-8-16-9-13(12)7-11/h5-7,10H,3-4,8-9H2,1-2H3. The van der Waals surface area contributed by atoms with Gasteiger partial charge in [0, 0.05) is 11.5 Å². The smallest absolute Gasteiger partial charge is 0.165 e. The van der Waals surface area contributed by atoms with Gasteiger partial charge in [0.05, 0.1) is 13.2 Å². The fourth-order valence-corrected chi connectivity index (χ4v) is 2.17. The fourth-order valence-electron chi connectivity index (χ4n) is 2.17. The van der Waals surface area contributed by atoms with E-state index in [-0.39, 0.29) is 11.7 Å². The van der Waals surface area contributed by atoms with Gasteiger partial charge in [-0.25, -0.2) is 0 Å². The Balaban J connectivity index is 2.18. The molecule has 0 aromatic heterocycles. The SMILES string of the molecule is CCCC(C)C(=O)c1ccc2c(c1)COC2. The van der Waals surface area contributed by atoms with Crippen LogP contribution in [0.15, 0.2) is 18.2 Å². The maximum Gasteiger partial charge on any atom is 0.165 e. The lowest BCUT2D eigenvalue weighted by Gasteiger charge is -2.09. The molecule has 1 atom stereocenters. The average molecular weight is 218 g/mol. The highest BCUT2D eigenvalue weighted by molar-refractivity contribution is 5.97. The number of ketones is 1. The van der Waals surface area contributed by atoms with Gasteiger partial charge in [-0.3, -0.25) is 4.79 Å². The molecule has 2 rings (SSSR count). The zero-order valence-corrected chi connectivity index (χ0v) is 9.95. The van der Waals surface area contributed by atoms with Crippen LogP contribution in [0.4, 0.5) is 0 Å². The number of carbonyl (C=O) groups excluding carboxylic acids is 1. The van der Waals surface area contributed by atoms with E-state index in [1.807, 2.05) is 25.1 Å². The Hall–Kier alpha value is -1.15. The highest BCUT2D eigenvalue weighted by Gasteiger charge is 2.17. The Morgan fingerprint density at radius 1 is 1.38 bits per heavy atom. The van der Waals surface area contributed by atoms with Gasteiger partial charge < -0.3 is 4.74 Å². The third-order valence-electron chi connectivity index (χ3n) is 3.18. The molecule has 0 saturated carbocycles. The Bertz CT molecular complexity index is 396. The Labute approximate surface area is 96.6 Å². The van der Waals surface area contributed by atoms with E-state index in [2.05, 4.69) is 6.92 Å². The number of Topliss-reactive ketones (excluding diaryl/α,β-unsaturated/α-hetero) is 1. The largest absolute Gasteiger partial charge is 0.372 e. The van der Waals surface area contributed by atoms with Crippen LogP contribution in [-0.2, 0) is 18.0 Å². The van der Waals surface area contributed by atoms with Gasteiger partial charge in [-0.2, -0.15) is 0 Å². The molecule has 0 amide bonds. The van der Waals surface area contributed by atoms with Crippen molar-refractivity contribution in [2.75, 3.05) is 0 Å². The first-order valence-electron chi connectivity index (χ1n) is 5.96. The first kappa shape index (κ1) is 11.3. The molecule has 2 heteroatoms. The number of carbonyl (C=O) groups is 1. The molecule has 0 fully saturated rings.